The van der Waals surface area contributed by atoms with Crippen molar-refractivity contribution in [3.63, 3.8) is 0 Å². The van der Waals surface area contributed by atoms with Crippen molar-refractivity contribution < 1.29 is 4.74 Å². The van der Waals surface area contributed by atoms with Crippen molar-refractivity contribution in [3.05, 3.63) is 0 Å². The fourth-order valence-corrected chi connectivity index (χ4v) is 1.06. The number of ether oxygens (including phenoxy) is 1. The number of nitrogens with zero attached hydrogens (tertiary/aromatic N) is 1. The number of fused-ring (bicyclic) bond motifs is 1. The molecule has 40 valence electrons. The maximum atomic E-state index is 5.18. The highest BCUT2D eigenvalue weighted by molar-refractivity contribution is 4.90. The zero-order chi connectivity index (χ0) is 4.69. The molecule has 1 unspecified atom stereocenters. The summed E-state index contributed by atoms with van der Waals surface area (Å²) in [7, 11) is 0. The van der Waals surface area contributed by atoms with Crippen molar-refractivity contribution in [2.24, 2.45) is 0 Å². The number of hydrogen-bond acceptors (Lipinski definition) is 2. The molecule has 2 nitrogen and oxygen atoms in total. The van der Waals surface area contributed by atoms with E-state index >= 15 is 0 Å². The lowest BCUT2D eigenvalue weighted by molar-refractivity contribution is 0.0875. The summed E-state index contributed by atoms with van der Waals surface area (Å²) in [4.78, 5) is 2.43. The normalized spacial score (nSPS) is 48.0. The van der Waals surface area contributed by atoms with Gasteiger partial charge in [-0.05, 0) is 0 Å². The number of rotatable bonds is 0. The van der Waals surface area contributed by atoms with Crippen LogP contribution in [-0.4, -0.2) is 37.2 Å². The summed E-state index contributed by atoms with van der Waals surface area (Å²) in [6.07, 6.45) is 0. The molecule has 0 aromatic heterocycles. The van der Waals surface area contributed by atoms with E-state index in [-0.39, 0.29) is 0 Å². The van der Waals surface area contributed by atoms with Crippen LogP contribution >= 0.6 is 0 Å². The van der Waals surface area contributed by atoms with Gasteiger partial charge in [0.25, 0.3) is 0 Å². The predicted molar refractivity (Wildman–Crippen MR) is 26.2 cm³/mol. The first-order valence-corrected chi connectivity index (χ1v) is 2.78. The molecule has 7 heavy (non-hydrogen) atoms. The van der Waals surface area contributed by atoms with E-state index in [4.69, 9.17) is 4.74 Å². The Morgan fingerprint density at radius 1 is 1.57 bits per heavy atom. The highest BCUT2D eigenvalue weighted by Gasteiger charge is 2.35. The van der Waals surface area contributed by atoms with Crippen molar-refractivity contribution in [2.75, 3.05) is 26.3 Å². The van der Waals surface area contributed by atoms with Gasteiger partial charge < -0.3 is 4.74 Å². The first-order valence-electron chi connectivity index (χ1n) is 2.78. The molecule has 2 rings (SSSR count). The second-order valence-corrected chi connectivity index (χ2v) is 2.22. The van der Waals surface area contributed by atoms with Crippen LogP contribution in [0.5, 0.6) is 0 Å². The summed E-state index contributed by atoms with van der Waals surface area (Å²) < 4.78 is 5.18. The zero-order valence-corrected chi connectivity index (χ0v) is 4.26. The second kappa shape index (κ2) is 1.20. The highest BCUT2D eigenvalue weighted by atomic mass is 16.5. The lowest BCUT2D eigenvalue weighted by Gasteiger charge is -2.09. The van der Waals surface area contributed by atoms with Crippen molar-refractivity contribution in [1.29, 1.82) is 0 Å². The average molecular weight is 99.1 g/mol. The molecular formula is C5H9NO. The molecule has 0 amide bonds. The highest BCUT2D eigenvalue weighted by Crippen LogP contribution is 2.19. The monoisotopic (exact) mass is 99.1 g/mol. The Balaban J connectivity index is 1.95. The molecule has 2 heterocycles. The Bertz CT molecular complexity index is 74.1. The Morgan fingerprint density at radius 3 is 3.14 bits per heavy atom. The van der Waals surface area contributed by atoms with E-state index in [0.29, 0.717) is 0 Å². The third kappa shape index (κ3) is 0.545. The maximum absolute atomic E-state index is 5.18. The van der Waals surface area contributed by atoms with Gasteiger partial charge in [-0.15, -0.1) is 0 Å². The van der Waals surface area contributed by atoms with Crippen LogP contribution in [0.1, 0.15) is 0 Å². The van der Waals surface area contributed by atoms with Crippen LogP contribution in [0.15, 0.2) is 0 Å². The van der Waals surface area contributed by atoms with Crippen molar-refractivity contribution in [1.82, 2.24) is 4.90 Å². The molecule has 0 aliphatic carbocycles. The molecule has 2 heteroatoms. The average Bonchev–Trinajstić information content (AvgIpc) is 2.41. The number of hydrogen-bond donors (Lipinski definition) is 0. The molecule has 2 fully saturated rings. The zero-order valence-electron chi connectivity index (χ0n) is 4.26. The first-order chi connectivity index (χ1) is 3.47. The SMILES string of the molecule is C1C[N@@]2CC2CO1. The summed E-state index contributed by atoms with van der Waals surface area (Å²) in [6.45, 7) is 4.40. The third-order valence-corrected chi connectivity index (χ3v) is 1.66. The van der Waals surface area contributed by atoms with Crippen LogP contribution in [0.4, 0.5) is 0 Å². The van der Waals surface area contributed by atoms with E-state index in [0.717, 1.165) is 19.3 Å². The molecule has 2 saturated heterocycles. The molecule has 0 aromatic carbocycles. The maximum Gasteiger partial charge on any atom is 0.0634 e. The van der Waals surface area contributed by atoms with Gasteiger partial charge in [0.2, 0.25) is 0 Å². The largest absolute Gasteiger partial charge is 0.378 e. The molecule has 0 radical (unpaired) electrons. The van der Waals surface area contributed by atoms with Crippen LogP contribution in [0.3, 0.4) is 0 Å². The van der Waals surface area contributed by atoms with Crippen LogP contribution in [-0.2, 0) is 4.74 Å². The van der Waals surface area contributed by atoms with Crippen LogP contribution < -0.4 is 0 Å². The fourth-order valence-electron chi connectivity index (χ4n) is 1.06. The van der Waals surface area contributed by atoms with Crippen LogP contribution in [0, 0.1) is 0 Å². The van der Waals surface area contributed by atoms with Crippen molar-refractivity contribution in [3.8, 4) is 0 Å². The molecule has 2 atom stereocenters. The van der Waals surface area contributed by atoms with Crippen LogP contribution in [0.2, 0.25) is 0 Å². The van der Waals surface area contributed by atoms with Crippen molar-refractivity contribution >= 4 is 0 Å². The molecule has 2 aliphatic rings. The lowest BCUT2D eigenvalue weighted by Crippen LogP contribution is -2.20. The van der Waals surface area contributed by atoms with E-state index in [1.54, 1.807) is 0 Å². The van der Waals surface area contributed by atoms with E-state index < -0.39 is 0 Å². The second-order valence-electron chi connectivity index (χ2n) is 2.22. The van der Waals surface area contributed by atoms with Crippen LogP contribution in [0.25, 0.3) is 0 Å². The van der Waals surface area contributed by atoms with Gasteiger partial charge in [0, 0.05) is 19.1 Å². The minimum absolute atomic E-state index is 0.814. The van der Waals surface area contributed by atoms with Gasteiger partial charge in [0.15, 0.2) is 0 Å². The summed E-state index contributed by atoms with van der Waals surface area (Å²) in [5, 5.41) is 0. The Kier molecular flexibility index (Phi) is 0.664. The van der Waals surface area contributed by atoms with Gasteiger partial charge >= 0.3 is 0 Å². The molecular weight excluding hydrogens is 90.1 g/mol. The van der Waals surface area contributed by atoms with Gasteiger partial charge in [-0.25, -0.2) is 0 Å². The minimum Gasteiger partial charge on any atom is -0.378 e. The number of morpholine rings is 1. The smallest absolute Gasteiger partial charge is 0.0634 e. The topological polar surface area (TPSA) is 12.2 Å². The van der Waals surface area contributed by atoms with E-state index in [2.05, 4.69) is 4.90 Å². The quantitative estimate of drug-likeness (QED) is 0.386. The Labute approximate surface area is 43.1 Å². The van der Waals surface area contributed by atoms with E-state index in [1.165, 1.54) is 13.1 Å². The minimum atomic E-state index is 0.814. The summed E-state index contributed by atoms with van der Waals surface area (Å²) >= 11 is 0. The molecule has 0 spiro atoms. The molecule has 0 bridgehead atoms. The van der Waals surface area contributed by atoms with E-state index in [9.17, 15) is 0 Å². The summed E-state index contributed by atoms with van der Waals surface area (Å²) in [6, 6.07) is 0.814. The molecule has 0 aromatic rings. The first kappa shape index (κ1) is 3.87. The molecule has 0 N–H and O–H groups in total. The van der Waals surface area contributed by atoms with Gasteiger partial charge in [0.05, 0.1) is 13.2 Å². The van der Waals surface area contributed by atoms with Gasteiger partial charge in [-0.3, -0.25) is 4.90 Å². The fraction of sp³-hybridized carbons (Fsp3) is 1.00. The molecule has 2 aliphatic heterocycles. The van der Waals surface area contributed by atoms with Gasteiger partial charge in [0.1, 0.15) is 0 Å². The van der Waals surface area contributed by atoms with Crippen molar-refractivity contribution in [2.45, 2.75) is 6.04 Å². The standard InChI is InChI=1S/C5H9NO/c1-2-7-4-5-3-6(1)5/h5H,1-4H2/t5?,6-/m0/s1. The third-order valence-electron chi connectivity index (χ3n) is 1.66. The summed E-state index contributed by atoms with van der Waals surface area (Å²) in [5.41, 5.74) is 0. The predicted octanol–water partition coefficient (Wildman–Crippen LogP) is -0.299. The molecule has 0 saturated carbocycles. The van der Waals surface area contributed by atoms with Gasteiger partial charge in [-0.2, -0.15) is 0 Å². The Hall–Kier alpha value is -0.0800. The lowest BCUT2D eigenvalue weighted by atomic mass is 10.5. The summed E-state index contributed by atoms with van der Waals surface area (Å²) in [5.74, 6) is 0. The van der Waals surface area contributed by atoms with Gasteiger partial charge in [-0.1, -0.05) is 0 Å². The Morgan fingerprint density at radius 2 is 2.57 bits per heavy atom. The van der Waals surface area contributed by atoms with E-state index in [1.807, 2.05) is 0 Å².